The summed E-state index contributed by atoms with van der Waals surface area (Å²) in [6, 6.07) is 10.3. The number of fused-ring (bicyclic) bond motifs is 1. The molecule has 1 amide bonds. The lowest BCUT2D eigenvalue weighted by Gasteiger charge is -2.09. The number of nitrogens with one attached hydrogen (secondary N) is 3. The minimum Gasteiger partial charge on any atom is -0.406 e. The molecule has 0 saturated heterocycles. The predicted molar refractivity (Wildman–Crippen MR) is 90.5 cm³/mol. The van der Waals surface area contributed by atoms with Crippen LogP contribution in [-0.4, -0.2) is 28.8 Å². The van der Waals surface area contributed by atoms with E-state index in [-0.39, 0.29) is 11.7 Å². The molecule has 2 aromatic carbocycles. The third kappa shape index (κ3) is 4.24. The van der Waals surface area contributed by atoms with Gasteiger partial charge in [-0.2, -0.15) is 0 Å². The Kier molecular flexibility index (Phi) is 4.70. The molecule has 0 aliphatic heterocycles. The molecule has 3 aromatic rings. The van der Waals surface area contributed by atoms with E-state index in [9.17, 15) is 18.0 Å². The lowest BCUT2D eigenvalue weighted by atomic mass is 10.2. The van der Waals surface area contributed by atoms with Crippen molar-refractivity contribution in [3.8, 4) is 5.75 Å². The third-order valence-corrected chi connectivity index (χ3v) is 3.43. The Morgan fingerprint density at radius 1 is 1.19 bits per heavy atom. The molecule has 3 N–H and O–H groups in total. The van der Waals surface area contributed by atoms with Gasteiger partial charge in [-0.3, -0.25) is 4.79 Å². The van der Waals surface area contributed by atoms with Gasteiger partial charge in [0.2, 0.25) is 5.95 Å². The maximum Gasteiger partial charge on any atom is 0.573 e. The summed E-state index contributed by atoms with van der Waals surface area (Å²) in [4.78, 5) is 19.2. The fourth-order valence-corrected chi connectivity index (χ4v) is 2.35. The maximum atomic E-state index is 12.2. The lowest BCUT2D eigenvalue weighted by Crippen LogP contribution is -2.22. The molecule has 0 aliphatic rings. The topological polar surface area (TPSA) is 79.0 Å². The summed E-state index contributed by atoms with van der Waals surface area (Å²) in [6.07, 6.45) is -4.73. The van der Waals surface area contributed by atoms with E-state index in [2.05, 4.69) is 25.3 Å². The number of nitrogens with zero attached hydrogens (tertiary/aromatic N) is 1. The summed E-state index contributed by atoms with van der Waals surface area (Å²) in [7, 11) is 0. The number of H-pyrrole nitrogens is 1. The maximum absolute atomic E-state index is 12.2. The molecule has 0 unspecified atom stereocenters. The number of amides is 1. The van der Waals surface area contributed by atoms with Crippen LogP contribution in [0.2, 0.25) is 0 Å². The van der Waals surface area contributed by atoms with Gasteiger partial charge in [0.25, 0.3) is 5.91 Å². The van der Waals surface area contributed by atoms with E-state index in [1.807, 2.05) is 6.92 Å². The molecule has 6 nitrogen and oxygen atoms in total. The fourth-order valence-electron chi connectivity index (χ4n) is 2.35. The zero-order valence-electron chi connectivity index (χ0n) is 13.6. The molecule has 0 radical (unpaired) electrons. The van der Waals surface area contributed by atoms with Crippen molar-refractivity contribution in [3.05, 3.63) is 48.0 Å². The number of aromatic nitrogens is 2. The first-order valence-electron chi connectivity index (χ1n) is 7.75. The summed E-state index contributed by atoms with van der Waals surface area (Å²) in [6.45, 7) is 2.36. The van der Waals surface area contributed by atoms with Crippen molar-refractivity contribution in [3.63, 3.8) is 0 Å². The van der Waals surface area contributed by atoms with Crippen LogP contribution in [0.5, 0.6) is 5.75 Å². The molecule has 0 bridgehead atoms. The number of hydrogen-bond donors (Lipinski definition) is 3. The van der Waals surface area contributed by atoms with Gasteiger partial charge in [-0.25, -0.2) is 4.98 Å². The zero-order chi connectivity index (χ0) is 18.7. The second kappa shape index (κ2) is 6.95. The van der Waals surface area contributed by atoms with E-state index >= 15 is 0 Å². The fraction of sp³-hybridized carbons (Fsp3) is 0.176. The Morgan fingerprint density at radius 3 is 2.58 bits per heavy atom. The van der Waals surface area contributed by atoms with Gasteiger partial charge in [0.15, 0.2) is 0 Å². The average Bonchev–Trinajstić information content (AvgIpc) is 2.97. The molecule has 0 fully saturated rings. The smallest absolute Gasteiger partial charge is 0.406 e. The van der Waals surface area contributed by atoms with Gasteiger partial charge >= 0.3 is 6.36 Å². The number of imidazole rings is 1. The Bertz CT molecular complexity index is 920. The quantitative estimate of drug-likeness (QED) is 0.640. The minimum atomic E-state index is -4.73. The molecule has 9 heteroatoms. The zero-order valence-corrected chi connectivity index (χ0v) is 13.6. The third-order valence-electron chi connectivity index (χ3n) is 3.43. The Hall–Kier alpha value is -3.23. The monoisotopic (exact) mass is 364 g/mol. The summed E-state index contributed by atoms with van der Waals surface area (Å²) in [5, 5.41) is 5.67. The number of alkyl halides is 3. The van der Waals surface area contributed by atoms with E-state index in [1.54, 1.807) is 18.2 Å². The molecular weight excluding hydrogens is 349 g/mol. The molecular formula is C17H15F3N4O2. The van der Waals surface area contributed by atoms with E-state index < -0.39 is 6.36 Å². The first kappa shape index (κ1) is 17.6. The van der Waals surface area contributed by atoms with Gasteiger partial charge in [-0.1, -0.05) is 0 Å². The van der Waals surface area contributed by atoms with Gasteiger partial charge in [0, 0.05) is 17.8 Å². The SMILES string of the molecule is CCNC(=O)c1ccc2nc(Nc3ccc(OC(F)(F)F)cc3)[nH]c2c1. The highest BCUT2D eigenvalue weighted by Crippen LogP contribution is 2.25. The van der Waals surface area contributed by atoms with Crippen molar-refractivity contribution in [2.45, 2.75) is 13.3 Å². The Labute approximate surface area is 146 Å². The molecule has 0 spiro atoms. The summed E-state index contributed by atoms with van der Waals surface area (Å²) in [5.41, 5.74) is 2.34. The van der Waals surface area contributed by atoms with Crippen LogP contribution in [0.3, 0.4) is 0 Å². The lowest BCUT2D eigenvalue weighted by molar-refractivity contribution is -0.274. The average molecular weight is 364 g/mol. The minimum absolute atomic E-state index is 0.182. The van der Waals surface area contributed by atoms with Crippen LogP contribution in [0.25, 0.3) is 11.0 Å². The number of rotatable bonds is 5. The number of benzene rings is 2. The van der Waals surface area contributed by atoms with Crippen LogP contribution in [0.4, 0.5) is 24.8 Å². The normalized spacial score (nSPS) is 11.4. The molecule has 0 saturated carbocycles. The number of carbonyl (C=O) groups is 1. The number of anilines is 2. The number of halogens is 3. The van der Waals surface area contributed by atoms with Crippen molar-refractivity contribution in [2.24, 2.45) is 0 Å². The Morgan fingerprint density at radius 2 is 1.92 bits per heavy atom. The summed E-state index contributed by atoms with van der Waals surface area (Å²) < 4.78 is 40.3. The highest BCUT2D eigenvalue weighted by atomic mass is 19.4. The molecule has 1 heterocycles. The van der Waals surface area contributed by atoms with Gasteiger partial charge in [-0.05, 0) is 49.4 Å². The summed E-state index contributed by atoms with van der Waals surface area (Å²) in [5.74, 6) is -0.0875. The number of hydrogen-bond acceptors (Lipinski definition) is 4. The van der Waals surface area contributed by atoms with Crippen molar-refractivity contribution in [1.82, 2.24) is 15.3 Å². The number of aromatic amines is 1. The summed E-state index contributed by atoms with van der Waals surface area (Å²) >= 11 is 0. The highest BCUT2D eigenvalue weighted by Gasteiger charge is 2.30. The second-order valence-electron chi connectivity index (χ2n) is 5.37. The highest BCUT2D eigenvalue weighted by molar-refractivity contribution is 5.97. The number of carbonyl (C=O) groups excluding carboxylic acids is 1. The van der Waals surface area contributed by atoms with Crippen molar-refractivity contribution in [1.29, 1.82) is 0 Å². The second-order valence-corrected chi connectivity index (χ2v) is 5.37. The van der Waals surface area contributed by atoms with E-state index in [1.165, 1.54) is 24.3 Å². The van der Waals surface area contributed by atoms with Crippen molar-refractivity contribution >= 4 is 28.6 Å². The van der Waals surface area contributed by atoms with Crippen LogP contribution >= 0.6 is 0 Å². The standard InChI is InChI=1S/C17H15F3N4O2/c1-2-21-15(25)10-3-8-13-14(9-10)24-16(23-13)22-11-4-6-12(7-5-11)26-17(18,19)20/h3-9H,2H2,1H3,(H,21,25)(H2,22,23,24). The molecule has 26 heavy (non-hydrogen) atoms. The number of ether oxygens (including phenoxy) is 1. The van der Waals surface area contributed by atoms with Gasteiger partial charge in [0.1, 0.15) is 5.75 Å². The molecule has 1 aromatic heterocycles. The van der Waals surface area contributed by atoms with Crippen molar-refractivity contribution in [2.75, 3.05) is 11.9 Å². The van der Waals surface area contributed by atoms with Gasteiger partial charge < -0.3 is 20.4 Å². The van der Waals surface area contributed by atoms with E-state index in [0.29, 0.717) is 34.8 Å². The van der Waals surface area contributed by atoms with Crippen LogP contribution < -0.4 is 15.4 Å². The first-order valence-corrected chi connectivity index (χ1v) is 7.75. The van der Waals surface area contributed by atoms with Gasteiger partial charge in [0.05, 0.1) is 11.0 Å². The van der Waals surface area contributed by atoms with Crippen LogP contribution in [0, 0.1) is 0 Å². The molecule has 3 rings (SSSR count). The van der Waals surface area contributed by atoms with Crippen LogP contribution in [0.1, 0.15) is 17.3 Å². The molecule has 0 aliphatic carbocycles. The first-order chi connectivity index (χ1) is 12.3. The van der Waals surface area contributed by atoms with Crippen LogP contribution in [0.15, 0.2) is 42.5 Å². The van der Waals surface area contributed by atoms with Gasteiger partial charge in [-0.15, -0.1) is 13.2 Å². The Balaban J connectivity index is 1.75. The molecule has 136 valence electrons. The van der Waals surface area contributed by atoms with Crippen LogP contribution in [-0.2, 0) is 0 Å². The van der Waals surface area contributed by atoms with E-state index in [4.69, 9.17) is 0 Å². The van der Waals surface area contributed by atoms with E-state index in [0.717, 1.165) is 0 Å². The molecule has 0 atom stereocenters. The largest absolute Gasteiger partial charge is 0.573 e. The predicted octanol–water partition coefficient (Wildman–Crippen LogP) is 3.95. The van der Waals surface area contributed by atoms with Crippen molar-refractivity contribution < 1.29 is 22.7 Å².